The van der Waals surface area contributed by atoms with Crippen LogP contribution in [0.1, 0.15) is 27.8 Å². The van der Waals surface area contributed by atoms with Crippen LogP contribution in [0.4, 0.5) is 0 Å². The summed E-state index contributed by atoms with van der Waals surface area (Å²) >= 11 is 4.89. The van der Waals surface area contributed by atoms with E-state index < -0.39 is 5.25 Å². The van der Waals surface area contributed by atoms with E-state index in [1.54, 1.807) is 0 Å². The van der Waals surface area contributed by atoms with E-state index in [0.29, 0.717) is 17.5 Å². The smallest absolute Gasteiger partial charge is 0.220 e. The zero-order valence-electron chi connectivity index (χ0n) is 18.7. The van der Waals surface area contributed by atoms with Gasteiger partial charge in [-0.2, -0.15) is 0 Å². The first-order valence-corrected chi connectivity index (χ1v) is 12.3. The monoisotopic (exact) mass is 538 g/mol. The quantitative estimate of drug-likeness (QED) is 0.140. The number of thioether (sulfide) groups is 1. The van der Waals surface area contributed by atoms with Gasteiger partial charge in [0.25, 0.3) is 0 Å². The number of halogens is 1. The third-order valence-electron chi connectivity index (χ3n) is 5.21. The molecule has 9 heteroatoms. The summed E-state index contributed by atoms with van der Waals surface area (Å²) < 4.78 is 8.61. The van der Waals surface area contributed by atoms with Gasteiger partial charge >= 0.3 is 0 Å². The van der Waals surface area contributed by atoms with Crippen molar-refractivity contribution in [3.63, 3.8) is 0 Å². The fraction of sp³-hybridized carbons (Fsp3) is 0.200. The SMILES string of the molecule is Cc1ccc(COc2ccc([C@@H](C[N+](=O)[O-])Sc3nnc(C)n3-c3ccccc3)cc2Br)cc1. The highest BCUT2D eigenvalue weighted by Crippen LogP contribution is 2.38. The summed E-state index contributed by atoms with van der Waals surface area (Å²) in [6.45, 7) is 4.10. The molecule has 0 aliphatic carbocycles. The van der Waals surface area contributed by atoms with Crippen LogP contribution in [0, 0.1) is 24.0 Å². The minimum atomic E-state index is -0.455. The minimum Gasteiger partial charge on any atom is -0.488 e. The number of para-hydroxylation sites is 1. The average molecular weight is 539 g/mol. The molecule has 0 aliphatic heterocycles. The molecule has 174 valence electrons. The number of rotatable bonds is 9. The average Bonchev–Trinajstić information content (AvgIpc) is 3.19. The topological polar surface area (TPSA) is 83.1 Å². The zero-order chi connectivity index (χ0) is 24.1. The predicted molar refractivity (Wildman–Crippen MR) is 136 cm³/mol. The molecule has 0 fully saturated rings. The third kappa shape index (κ3) is 5.84. The Kier molecular flexibility index (Phi) is 7.64. The Balaban J connectivity index is 1.56. The maximum absolute atomic E-state index is 11.5. The first kappa shape index (κ1) is 24.0. The molecular weight excluding hydrogens is 516 g/mol. The molecule has 1 aromatic heterocycles. The lowest BCUT2D eigenvalue weighted by Crippen LogP contribution is -2.11. The minimum absolute atomic E-state index is 0.249. The summed E-state index contributed by atoms with van der Waals surface area (Å²) in [6.07, 6.45) is 0. The molecule has 0 radical (unpaired) electrons. The van der Waals surface area contributed by atoms with E-state index in [0.717, 1.165) is 27.1 Å². The highest BCUT2D eigenvalue weighted by molar-refractivity contribution is 9.10. The van der Waals surface area contributed by atoms with Gasteiger partial charge in [0.2, 0.25) is 6.54 Å². The summed E-state index contributed by atoms with van der Waals surface area (Å²) in [5, 5.41) is 20.1. The second kappa shape index (κ2) is 10.8. The molecule has 0 amide bonds. The Morgan fingerprint density at radius 1 is 1.06 bits per heavy atom. The lowest BCUT2D eigenvalue weighted by molar-refractivity contribution is -0.479. The van der Waals surface area contributed by atoms with Crippen molar-refractivity contribution >= 4 is 27.7 Å². The molecule has 0 N–H and O–H groups in total. The van der Waals surface area contributed by atoms with Gasteiger partial charge in [0.05, 0.1) is 4.47 Å². The molecule has 0 bridgehead atoms. The van der Waals surface area contributed by atoms with Crippen molar-refractivity contribution in [2.45, 2.75) is 30.9 Å². The van der Waals surface area contributed by atoms with Crippen LogP contribution in [0.3, 0.4) is 0 Å². The maximum atomic E-state index is 11.5. The first-order valence-electron chi connectivity index (χ1n) is 10.6. The van der Waals surface area contributed by atoms with Crippen LogP contribution in [0.2, 0.25) is 0 Å². The van der Waals surface area contributed by atoms with Gasteiger partial charge in [0, 0.05) is 10.6 Å². The van der Waals surface area contributed by atoms with Crippen molar-refractivity contribution in [1.29, 1.82) is 0 Å². The second-order valence-corrected chi connectivity index (χ2v) is 9.81. The van der Waals surface area contributed by atoms with Crippen LogP contribution in [-0.2, 0) is 6.61 Å². The van der Waals surface area contributed by atoms with E-state index in [-0.39, 0.29) is 11.5 Å². The van der Waals surface area contributed by atoms with E-state index in [1.807, 2.05) is 91.2 Å². The molecule has 4 aromatic rings. The summed E-state index contributed by atoms with van der Waals surface area (Å²) in [6, 6.07) is 23.5. The fourth-order valence-electron chi connectivity index (χ4n) is 3.45. The molecule has 3 aromatic carbocycles. The van der Waals surface area contributed by atoms with Crippen LogP contribution in [-0.4, -0.2) is 26.2 Å². The van der Waals surface area contributed by atoms with Gasteiger partial charge in [-0.1, -0.05) is 65.9 Å². The predicted octanol–water partition coefficient (Wildman–Crippen LogP) is 6.34. The number of ether oxygens (including phenoxy) is 1. The van der Waals surface area contributed by atoms with E-state index in [4.69, 9.17) is 4.74 Å². The Hall–Kier alpha value is -3.17. The summed E-state index contributed by atoms with van der Waals surface area (Å²) in [5.41, 5.74) is 3.98. The van der Waals surface area contributed by atoms with E-state index in [1.165, 1.54) is 17.3 Å². The van der Waals surface area contributed by atoms with Crippen molar-refractivity contribution in [3.8, 4) is 11.4 Å². The molecule has 0 saturated carbocycles. The van der Waals surface area contributed by atoms with Crippen LogP contribution >= 0.6 is 27.7 Å². The lowest BCUT2D eigenvalue weighted by atomic mass is 10.1. The Morgan fingerprint density at radius 3 is 2.47 bits per heavy atom. The molecule has 0 unspecified atom stereocenters. The van der Waals surface area contributed by atoms with E-state index >= 15 is 0 Å². The second-order valence-electron chi connectivity index (χ2n) is 7.79. The number of hydrogen-bond donors (Lipinski definition) is 0. The summed E-state index contributed by atoms with van der Waals surface area (Å²) in [5.74, 6) is 1.40. The van der Waals surface area contributed by atoms with E-state index in [2.05, 4.69) is 26.1 Å². The molecular formula is C25H23BrN4O3S. The van der Waals surface area contributed by atoms with Crippen molar-refractivity contribution in [3.05, 3.63) is 110 Å². The molecule has 0 aliphatic rings. The molecule has 0 spiro atoms. The molecule has 0 saturated heterocycles. The van der Waals surface area contributed by atoms with Gasteiger partial charge in [0.15, 0.2) is 5.16 Å². The maximum Gasteiger partial charge on any atom is 0.220 e. The highest BCUT2D eigenvalue weighted by Gasteiger charge is 2.24. The fourth-order valence-corrected chi connectivity index (χ4v) is 5.12. The highest BCUT2D eigenvalue weighted by atomic mass is 79.9. The number of aryl methyl sites for hydroxylation is 2. The normalized spacial score (nSPS) is 11.9. The van der Waals surface area contributed by atoms with Crippen LogP contribution in [0.15, 0.2) is 82.4 Å². The third-order valence-corrected chi connectivity index (χ3v) is 7.02. The zero-order valence-corrected chi connectivity index (χ0v) is 21.1. The number of hydrogen-bond acceptors (Lipinski definition) is 6. The summed E-state index contributed by atoms with van der Waals surface area (Å²) in [4.78, 5) is 11.2. The van der Waals surface area contributed by atoms with E-state index in [9.17, 15) is 10.1 Å². The standard InChI is InChI=1S/C25H23BrN4O3S/c1-17-8-10-19(11-9-17)16-33-23-13-12-20(14-22(23)26)24(15-29(31)32)34-25-28-27-18(2)30(25)21-6-4-3-5-7-21/h3-14,24H,15-16H2,1-2H3/t24-/m1/s1. The lowest BCUT2D eigenvalue weighted by Gasteiger charge is -2.16. The number of aromatic nitrogens is 3. The van der Waals surface area contributed by atoms with Crippen molar-refractivity contribution in [2.75, 3.05) is 6.54 Å². The van der Waals surface area contributed by atoms with Gasteiger partial charge in [0.1, 0.15) is 23.4 Å². The van der Waals surface area contributed by atoms with Gasteiger partial charge in [-0.15, -0.1) is 10.2 Å². The molecule has 7 nitrogen and oxygen atoms in total. The number of benzene rings is 3. The Morgan fingerprint density at radius 2 is 1.79 bits per heavy atom. The summed E-state index contributed by atoms with van der Waals surface area (Å²) in [7, 11) is 0. The first-order chi connectivity index (χ1) is 16.4. The van der Waals surface area contributed by atoms with Gasteiger partial charge in [-0.25, -0.2) is 0 Å². The van der Waals surface area contributed by atoms with Crippen molar-refractivity contribution in [1.82, 2.24) is 14.8 Å². The number of nitro groups is 1. The van der Waals surface area contributed by atoms with Gasteiger partial charge < -0.3 is 4.74 Å². The van der Waals surface area contributed by atoms with Gasteiger partial charge in [-0.3, -0.25) is 14.7 Å². The van der Waals surface area contributed by atoms with Crippen LogP contribution in [0.5, 0.6) is 5.75 Å². The van der Waals surface area contributed by atoms with Gasteiger partial charge in [-0.05, 0) is 65.2 Å². The number of nitrogens with zero attached hydrogens (tertiary/aromatic N) is 4. The largest absolute Gasteiger partial charge is 0.488 e. The van der Waals surface area contributed by atoms with Crippen molar-refractivity contribution < 1.29 is 9.66 Å². The molecule has 34 heavy (non-hydrogen) atoms. The molecule has 1 heterocycles. The van der Waals surface area contributed by atoms with Crippen molar-refractivity contribution in [2.24, 2.45) is 0 Å². The molecule has 1 atom stereocenters. The Bertz CT molecular complexity index is 1280. The Labute approximate surface area is 210 Å². The molecule has 4 rings (SSSR count). The van der Waals surface area contributed by atoms with Crippen LogP contribution < -0.4 is 4.74 Å². The van der Waals surface area contributed by atoms with Crippen LogP contribution in [0.25, 0.3) is 5.69 Å².